The van der Waals surface area contributed by atoms with Crippen molar-refractivity contribution in [2.75, 3.05) is 0 Å². The first-order valence-electron chi connectivity index (χ1n) is 8.52. The number of pyridine rings is 1. The molecule has 0 aliphatic heterocycles. The Bertz CT molecular complexity index is 936. The summed E-state index contributed by atoms with van der Waals surface area (Å²) in [5.74, 6) is -0.107. The van der Waals surface area contributed by atoms with Gasteiger partial charge in [-0.2, -0.15) is 0 Å². The number of amides is 1. The van der Waals surface area contributed by atoms with E-state index in [9.17, 15) is 4.79 Å². The molecule has 1 fully saturated rings. The smallest absolute Gasteiger partial charge is 0.276 e. The van der Waals surface area contributed by atoms with Crippen LogP contribution in [0.1, 0.15) is 34.7 Å². The first-order valence-corrected chi connectivity index (χ1v) is 8.90. The van der Waals surface area contributed by atoms with Crippen molar-refractivity contribution in [3.05, 3.63) is 70.8 Å². The molecule has 0 N–H and O–H groups in total. The molecular weight excluding hydrogens is 350 g/mol. The maximum atomic E-state index is 13.1. The Morgan fingerprint density at radius 3 is 2.81 bits per heavy atom. The molecule has 1 aromatic carbocycles. The molecular formula is C19H18ClN5O. The maximum Gasteiger partial charge on any atom is 0.276 e. The Kier molecular flexibility index (Phi) is 4.42. The van der Waals surface area contributed by atoms with Gasteiger partial charge in [-0.1, -0.05) is 28.9 Å². The van der Waals surface area contributed by atoms with Crippen molar-refractivity contribution in [3.63, 3.8) is 0 Å². The van der Waals surface area contributed by atoms with E-state index in [1.165, 1.54) is 0 Å². The Morgan fingerprint density at radius 1 is 1.27 bits per heavy atom. The molecule has 26 heavy (non-hydrogen) atoms. The molecule has 0 saturated heterocycles. The van der Waals surface area contributed by atoms with Gasteiger partial charge in [-0.15, -0.1) is 5.10 Å². The second-order valence-corrected chi connectivity index (χ2v) is 6.84. The Morgan fingerprint density at radius 2 is 2.12 bits per heavy atom. The average molecular weight is 368 g/mol. The highest BCUT2D eigenvalue weighted by molar-refractivity contribution is 6.30. The molecule has 132 valence electrons. The van der Waals surface area contributed by atoms with Crippen LogP contribution in [0.5, 0.6) is 0 Å². The highest BCUT2D eigenvalue weighted by Gasteiger charge is 2.35. The maximum absolute atomic E-state index is 13.1. The topological polar surface area (TPSA) is 63.9 Å². The Balaban J connectivity index is 1.63. The summed E-state index contributed by atoms with van der Waals surface area (Å²) in [5.41, 5.74) is 2.72. The molecule has 0 unspecified atom stereocenters. The van der Waals surface area contributed by atoms with Crippen LogP contribution in [-0.4, -0.2) is 36.8 Å². The highest BCUT2D eigenvalue weighted by Crippen LogP contribution is 2.30. The zero-order chi connectivity index (χ0) is 18.1. The second-order valence-electron chi connectivity index (χ2n) is 6.40. The van der Waals surface area contributed by atoms with Gasteiger partial charge < -0.3 is 4.90 Å². The minimum Gasteiger partial charge on any atom is -0.328 e. The fourth-order valence-corrected chi connectivity index (χ4v) is 3.12. The van der Waals surface area contributed by atoms with Gasteiger partial charge in [-0.3, -0.25) is 9.78 Å². The van der Waals surface area contributed by atoms with Crippen molar-refractivity contribution in [2.24, 2.45) is 0 Å². The zero-order valence-corrected chi connectivity index (χ0v) is 15.1. The van der Waals surface area contributed by atoms with Crippen molar-refractivity contribution < 1.29 is 4.79 Å². The summed E-state index contributed by atoms with van der Waals surface area (Å²) in [7, 11) is 0. The molecule has 2 aromatic heterocycles. The minimum absolute atomic E-state index is 0.107. The lowest BCUT2D eigenvalue weighted by molar-refractivity contribution is 0.0721. The van der Waals surface area contributed by atoms with Gasteiger partial charge in [-0.25, -0.2) is 4.68 Å². The SMILES string of the molecule is Cc1c(C(=O)N(Cc2ccccn2)C2CC2)nnn1-c1cccc(Cl)c1. The van der Waals surface area contributed by atoms with Crippen LogP contribution in [0, 0.1) is 6.92 Å². The molecule has 1 aliphatic carbocycles. The number of rotatable bonds is 5. The van der Waals surface area contributed by atoms with Crippen LogP contribution in [0.2, 0.25) is 5.02 Å². The van der Waals surface area contributed by atoms with Crippen molar-refractivity contribution >= 4 is 17.5 Å². The molecule has 2 heterocycles. The molecule has 0 spiro atoms. The lowest BCUT2D eigenvalue weighted by Gasteiger charge is -2.21. The fraction of sp³-hybridized carbons (Fsp3) is 0.263. The largest absolute Gasteiger partial charge is 0.328 e. The van der Waals surface area contributed by atoms with E-state index in [-0.39, 0.29) is 11.9 Å². The van der Waals surface area contributed by atoms with Crippen LogP contribution in [-0.2, 0) is 6.54 Å². The third kappa shape index (κ3) is 3.32. The number of halogens is 1. The number of hydrogen-bond acceptors (Lipinski definition) is 4. The van der Waals surface area contributed by atoms with Crippen molar-refractivity contribution in [1.82, 2.24) is 24.9 Å². The Hall–Kier alpha value is -2.73. The van der Waals surface area contributed by atoms with E-state index in [0.29, 0.717) is 23.0 Å². The summed E-state index contributed by atoms with van der Waals surface area (Å²) in [6, 6.07) is 13.3. The number of nitrogens with zero attached hydrogens (tertiary/aromatic N) is 5. The molecule has 4 rings (SSSR count). The summed E-state index contributed by atoms with van der Waals surface area (Å²) in [6.45, 7) is 2.33. The number of hydrogen-bond donors (Lipinski definition) is 0. The van der Waals surface area contributed by atoms with Gasteiger partial charge in [0.25, 0.3) is 5.91 Å². The summed E-state index contributed by atoms with van der Waals surface area (Å²) in [6.07, 6.45) is 3.77. The summed E-state index contributed by atoms with van der Waals surface area (Å²) < 4.78 is 1.64. The van der Waals surface area contributed by atoms with Crippen LogP contribution >= 0.6 is 11.6 Å². The normalized spacial score (nSPS) is 13.6. The third-order valence-electron chi connectivity index (χ3n) is 4.46. The predicted molar refractivity (Wildman–Crippen MR) is 98.2 cm³/mol. The zero-order valence-electron chi connectivity index (χ0n) is 14.3. The molecule has 6 nitrogen and oxygen atoms in total. The lowest BCUT2D eigenvalue weighted by atomic mass is 10.2. The van der Waals surface area contributed by atoms with E-state index in [4.69, 9.17) is 11.6 Å². The predicted octanol–water partition coefficient (Wildman–Crippen LogP) is 3.43. The monoisotopic (exact) mass is 367 g/mol. The van der Waals surface area contributed by atoms with Gasteiger partial charge in [0.05, 0.1) is 23.6 Å². The van der Waals surface area contributed by atoms with E-state index >= 15 is 0 Å². The van der Waals surface area contributed by atoms with Gasteiger partial charge in [0, 0.05) is 17.3 Å². The van der Waals surface area contributed by atoms with Gasteiger partial charge in [0.2, 0.25) is 0 Å². The summed E-state index contributed by atoms with van der Waals surface area (Å²) in [4.78, 5) is 19.3. The van der Waals surface area contributed by atoms with E-state index < -0.39 is 0 Å². The second kappa shape index (κ2) is 6.88. The first kappa shape index (κ1) is 16.7. The number of aromatic nitrogens is 4. The minimum atomic E-state index is -0.107. The van der Waals surface area contributed by atoms with Gasteiger partial charge in [0.1, 0.15) is 0 Å². The summed E-state index contributed by atoms with van der Waals surface area (Å²) in [5, 5.41) is 8.93. The molecule has 1 saturated carbocycles. The van der Waals surface area contributed by atoms with Gasteiger partial charge >= 0.3 is 0 Å². The van der Waals surface area contributed by atoms with E-state index in [0.717, 1.165) is 24.2 Å². The molecule has 0 radical (unpaired) electrons. The molecule has 1 aliphatic rings. The van der Waals surface area contributed by atoms with E-state index in [1.807, 2.05) is 42.2 Å². The number of carbonyl (C=O) groups excluding carboxylic acids is 1. The highest BCUT2D eigenvalue weighted by atomic mass is 35.5. The van der Waals surface area contributed by atoms with E-state index in [2.05, 4.69) is 15.3 Å². The van der Waals surface area contributed by atoms with Gasteiger partial charge in [-0.05, 0) is 50.1 Å². The summed E-state index contributed by atoms with van der Waals surface area (Å²) >= 11 is 6.06. The fourth-order valence-electron chi connectivity index (χ4n) is 2.94. The van der Waals surface area contributed by atoms with Crippen LogP contribution in [0.15, 0.2) is 48.7 Å². The third-order valence-corrected chi connectivity index (χ3v) is 4.69. The molecule has 3 aromatic rings. The number of benzene rings is 1. The first-order chi connectivity index (χ1) is 12.6. The Labute approximate surface area is 156 Å². The molecule has 1 amide bonds. The average Bonchev–Trinajstić information content (AvgIpc) is 3.42. The van der Waals surface area contributed by atoms with E-state index in [1.54, 1.807) is 23.0 Å². The van der Waals surface area contributed by atoms with Crippen LogP contribution in [0.3, 0.4) is 0 Å². The lowest BCUT2D eigenvalue weighted by Crippen LogP contribution is -2.33. The molecule has 7 heteroatoms. The number of carbonyl (C=O) groups is 1. The molecule has 0 atom stereocenters. The van der Waals surface area contributed by atoms with Crippen molar-refractivity contribution in [1.29, 1.82) is 0 Å². The van der Waals surface area contributed by atoms with Crippen LogP contribution < -0.4 is 0 Å². The van der Waals surface area contributed by atoms with Crippen LogP contribution in [0.4, 0.5) is 0 Å². The molecule has 0 bridgehead atoms. The quantitative estimate of drug-likeness (QED) is 0.693. The van der Waals surface area contributed by atoms with Crippen molar-refractivity contribution in [3.8, 4) is 5.69 Å². The van der Waals surface area contributed by atoms with Gasteiger partial charge in [0.15, 0.2) is 5.69 Å². The van der Waals surface area contributed by atoms with Crippen molar-refractivity contribution in [2.45, 2.75) is 32.4 Å². The standard InChI is InChI=1S/C19H18ClN5O/c1-13-18(22-23-25(13)17-7-4-5-14(20)11-17)19(26)24(16-8-9-16)12-15-6-2-3-10-21-15/h2-7,10-11,16H,8-9,12H2,1H3. The van der Waals surface area contributed by atoms with Crippen LogP contribution in [0.25, 0.3) is 5.69 Å².